The monoisotopic (exact) mass is 251 g/mol. The smallest absolute Gasteiger partial charge is 0.307 e. The Morgan fingerprint density at radius 1 is 1.38 bits per heavy atom. The van der Waals surface area contributed by atoms with Gasteiger partial charge in [-0.25, -0.2) is 8.78 Å². The van der Waals surface area contributed by atoms with E-state index < -0.39 is 23.6 Å². The number of benzene rings is 1. The fourth-order valence-electron chi connectivity index (χ4n) is 1.17. The predicted molar refractivity (Wildman–Crippen MR) is 57.2 cm³/mol. The van der Waals surface area contributed by atoms with Crippen LogP contribution in [-0.2, 0) is 9.53 Å². The molecule has 0 unspecified atom stereocenters. The second-order valence-corrected chi connectivity index (χ2v) is 3.09. The van der Waals surface area contributed by atoms with Crippen LogP contribution in [0.4, 0.5) is 8.78 Å². The van der Waals surface area contributed by atoms with Gasteiger partial charge in [0.25, 0.3) is 0 Å². The Morgan fingerprint density at radius 3 is 2.31 bits per heavy atom. The Morgan fingerprint density at radius 2 is 1.88 bits per heavy atom. The molecule has 0 aliphatic heterocycles. The van der Waals surface area contributed by atoms with Crippen LogP contribution in [0.5, 0.6) is 0 Å². The summed E-state index contributed by atoms with van der Waals surface area (Å²) in [5.41, 5.74) is 5.81. The summed E-state index contributed by atoms with van der Waals surface area (Å²) in [4.78, 5) is 10.9. The third kappa shape index (κ3) is 4.12. The number of carbonyl (C=O) groups excluding carboxylic acids is 1. The Hall–Kier alpha value is -1.20. The van der Waals surface area contributed by atoms with Crippen molar-refractivity contribution in [2.24, 2.45) is 5.73 Å². The molecule has 0 aromatic heterocycles. The molecule has 3 nitrogen and oxygen atoms in total. The second kappa shape index (κ2) is 6.40. The first kappa shape index (κ1) is 14.8. The molecule has 0 fully saturated rings. The minimum atomic E-state index is -0.761. The van der Waals surface area contributed by atoms with Crippen molar-refractivity contribution in [1.82, 2.24) is 0 Å². The van der Waals surface area contributed by atoms with Gasteiger partial charge in [-0.15, -0.1) is 12.4 Å². The highest BCUT2D eigenvalue weighted by Crippen LogP contribution is 2.17. The molecule has 0 saturated heterocycles. The van der Waals surface area contributed by atoms with Crippen LogP contribution in [-0.4, -0.2) is 13.1 Å². The van der Waals surface area contributed by atoms with Gasteiger partial charge in [-0.3, -0.25) is 4.79 Å². The molecular weight excluding hydrogens is 240 g/mol. The van der Waals surface area contributed by atoms with E-state index >= 15 is 0 Å². The summed E-state index contributed by atoms with van der Waals surface area (Å²) in [6.07, 6.45) is -0.112. The van der Waals surface area contributed by atoms with Gasteiger partial charge >= 0.3 is 5.97 Å². The molecule has 0 saturated carbocycles. The van der Waals surface area contributed by atoms with Crippen LogP contribution in [0.15, 0.2) is 18.2 Å². The van der Waals surface area contributed by atoms with Crippen molar-refractivity contribution in [3.05, 3.63) is 35.4 Å². The average Bonchev–Trinajstić information content (AvgIpc) is 2.16. The van der Waals surface area contributed by atoms with E-state index in [2.05, 4.69) is 4.74 Å². The molecule has 0 bridgehead atoms. The second-order valence-electron chi connectivity index (χ2n) is 3.09. The van der Waals surface area contributed by atoms with Crippen molar-refractivity contribution < 1.29 is 18.3 Å². The zero-order valence-corrected chi connectivity index (χ0v) is 9.39. The quantitative estimate of drug-likeness (QED) is 0.836. The van der Waals surface area contributed by atoms with Gasteiger partial charge in [0.1, 0.15) is 11.6 Å². The van der Waals surface area contributed by atoms with Gasteiger partial charge in [-0.1, -0.05) is 0 Å². The van der Waals surface area contributed by atoms with Crippen LogP contribution in [0, 0.1) is 11.6 Å². The summed E-state index contributed by atoms with van der Waals surface area (Å²) in [6.45, 7) is 0. The van der Waals surface area contributed by atoms with Crippen molar-refractivity contribution in [3.8, 4) is 0 Å². The van der Waals surface area contributed by atoms with Gasteiger partial charge in [0.15, 0.2) is 0 Å². The van der Waals surface area contributed by atoms with E-state index in [1.165, 1.54) is 7.11 Å². The summed E-state index contributed by atoms with van der Waals surface area (Å²) >= 11 is 0. The molecule has 0 aliphatic carbocycles. The first-order valence-electron chi connectivity index (χ1n) is 4.31. The topological polar surface area (TPSA) is 52.3 Å². The van der Waals surface area contributed by atoms with Gasteiger partial charge in [0.2, 0.25) is 0 Å². The summed E-state index contributed by atoms with van der Waals surface area (Å²) in [5, 5.41) is 0. The highest BCUT2D eigenvalue weighted by atomic mass is 35.5. The van der Waals surface area contributed by atoms with E-state index in [1.807, 2.05) is 0 Å². The van der Waals surface area contributed by atoms with E-state index in [-0.39, 0.29) is 24.4 Å². The lowest BCUT2D eigenvalue weighted by Crippen LogP contribution is -2.16. The van der Waals surface area contributed by atoms with Crippen LogP contribution in [0.1, 0.15) is 18.0 Å². The molecule has 0 amide bonds. The molecule has 0 heterocycles. The van der Waals surface area contributed by atoms with Crippen LogP contribution in [0.25, 0.3) is 0 Å². The number of hydrogen-bond acceptors (Lipinski definition) is 3. The number of nitrogens with two attached hydrogens (primary N) is 1. The number of rotatable bonds is 3. The lowest BCUT2D eigenvalue weighted by atomic mass is 10.0. The molecule has 2 N–H and O–H groups in total. The number of esters is 1. The van der Waals surface area contributed by atoms with E-state index in [9.17, 15) is 13.6 Å². The van der Waals surface area contributed by atoms with Crippen LogP contribution in [0.3, 0.4) is 0 Å². The zero-order valence-electron chi connectivity index (χ0n) is 8.57. The molecule has 1 rings (SSSR count). The number of ether oxygens (including phenoxy) is 1. The maximum Gasteiger partial charge on any atom is 0.307 e. The van der Waals surface area contributed by atoms with E-state index in [0.29, 0.717) is 0 Å². The number of methoxy groups -OCH3 is 1. The van der Waals surface area contributed by atoms with E-state index in [1.54, 1.807) is 0 Å². The Kier molecular flexibility index (Phi) is 5.92. The van der Waals surface area contributed by atoms with Gasteiger partial charge in [-0.2, -0.15) is 0 Å². The first-order valence-corrected chi connectivity index (χ1v) is 4.31. The maximum absolute atomic E-state index is 12.8. The molecule has 16 heavy (non-hydrogen) atoms. The molecule has 1 aromatic rings. The van der Waals surface area contributed by atoms with Crippen molar-refractivity contribution in [2.75, 3.05) is 7.11 Å². The first-order chi connectivity index (χ1) is 7.02. The number of halogens is 3. The molecule has 1 aromatic carbocycles. The SMILES string of the molecule is COC(=O)C[C@H](N)c1cc(F)cc(F)c1.Cl. The molecule has 0 aliphatic rings. The fraction of sp³-hybridized carbons (Fsp3) is 0.300. The summed E-state index contributed by atoms with van der Waals surface area (Å²) in [5.74, 6) is -1.96. The van der Waals surface area contributed by atoms with Gasteiger partial charge in [0, 0.05) is 12.1 Å². The normalized spacial score (nSPS) is 11.5. The average molecular weight is 252 g/mol. The lowest BCUT2D eigenvalue weighted by Gasteiger charge is -2.10. The maximum atomic E-state index is 12.8. The highest BCUT2D eigenvalue weighted by Gasteiger charge is 2.13. The molecule has 90 valence electrons. The van der Waals surface area contributed by atoms with Crippen molar-refractivity contribution in [1.29, 1.82) is 0 Å². The van der Waals surface area contributed by atoms with Gasteiger partial charge < -0.3 is 10.5 Å². The molecular formula is C10H12ClF2NO2. The molecule has 0 radical (unpaired) electrons. The molecule has 0 spiro atoms. The van der Waals surface area contributed by atoms with Crippen molar-refractivity contribution >= 4 is 18.4 Å². The van der Waals surface area contributed by atoms with Crippen LogP contribution < -0.4 is 5.73 Å². The molecule has 6 heteroatoms. The van der Waals surface area contributed by atoms with Gasteiger partial charge in [0.05, 0.1) is 13.5 Å². The van der Waals surface area contributed by atoms with Crippen LogP contribution in [0.2, 0.25) is 0 Å². The van der Waals surface area contributed by atoms with Crippen LogP contribution >= 0.6 is 12.4 Å². The lowest BCUT2D eigenvalue weighted by molar-refractivity contribution is -0.141. The Bertz CT molecular complexity index is 354. The van der Waals surface area contributed by atoms with E-state index in [4.69, 9.17) is 5.73 Å². The fourth-order valence-corrected chi connectivity index (χ4v) is 1.17. The summed E-state index contributed by atoms with van der Waals surface area (Å²) in [6, 6.07) is 2.17. The minimum absolute atomic E-state index is 0. The number of carbonyl (C=O) groups is 1. The largest absolute Gasteiger partial charge is 0.469 e. The van der Waals surface area contributed by atoms with E-state index in [0.717, 1.165) is 18.2 Å². The third-order valence-electron chi connectivity index (χ3n) is 1.93. The summed E-state index contributed by atoms with van der Waals surface area (Å²) < 4.78 is 30.0. The van der Waals surface area contributed by atoms with Crippen molar-refractivity contribution in [3.63, 3.8) is 0 Å². The predicted octanol–water partition coefficient (Wildman–Crippen LogP) is 1.95. The Labute approximate surface area is 98.0 Å². The standard InChI is InChI=1S/C10H11F2NO2.ClH/c1-15-10(14)5-9(13)6-2-7(11)4-8(12)3-6;/h2-4,9H,5,13H2,1H3;1H/t9-;/m0./s1. The summed E-state index contributed by atoms with van der Waals surface area (Å²) in [7, 11) is 1.22. The Balaban J connectivity index is 0.00000225. The molecule has 1 atom stereocenters. The van der Waals surface area contributed by atoms with Crippen molar-refractivity contribution in [2.45, 2.75) is 12.5 Å². The zero-order chi connectivity index (χ0) is 11.4. The highest BCUT2D eigenvalue weighted by molar-refractivity contribution is 5.85. The number of hydrogen-bond donors (Lipinski definition) is 1. The third-order valence-corrected chi connectivity index (χ3v) is 1.93. The minimum Gasteiger partial charge on any atom is -0.469 e. The van der Waals surface area contributed by atoms with Gasteiger partial charge in [-0.05, 0) is 17.7 Å².